The van der Waals surface area contributed by atoms with E-state index in [0.29, 0.717) is 29.6 Å². The summed E-state index contributed by atoms with van der Waals surface area (Å²) < 4.78 is 4.78. The zero-order valence-corrected chi connectivity index (χ0v) is 17.8. The van der Waals surface area contributed by atoms with Crippen LogP contribution in [0.2, 0.25) is 0 Å². The number of piperazine rings is 1. The van der Waals surface area contributed by atoms with Gasteiger partial charge in [0, 0.05) is 42.8 Å². The van der Waals surface area contributed by atoms with Crippen LogP contribution >= 0.6 is 0 Å². The molecule has 1 aliphatic heterocycles. The molecule has 1 unspecified atom stereocenters. The molecule has 0 bridgehead atoms. The number of aromatic nitrogens is 1. The molecule has 0 radical (unpaired) electrons. The lowest BCUT2D eigenvalue weighted by Crippen LogP contribution is -2.56. The second-order valence-corrected chi connectivity index (χ2v) is 7.72. The summed E-state index contributed by atoms with van der Waals surface area (Å²) in [4.78, 5) is 56.9. The second-order valence-electron chi connectivity index (χ2n) is 7.72. The molecule has 2 heterocycles. The molecular formula is C24H23N3O5. The van der Waals surface area contributed by atoms with Crippen LogP contribution in [0.4, 0.5) is 0 Å². The number of carbonyl (C=O) groups is 4. The highest BCUT2D eigenvalue weighted by Crippen LogP contribution is 2.24. The fourth-order valence-electron chi connectivity index (χ4n) is 4.08. The summed E-state index contributed by atoms with van der Waals surface area (Å²) in [5.74, 6) is -1.92. The van der Waals surface area contributed by atoms with E-state index in [2.05, 4.69) is 4.98 Å². The van der Waals surface area contributed by atoms with E-state index >= 15 is 0 Å². The number of hydrogen-bond donors (Lipinski definition) is 1. The molecule has 1 fully saturated rings. The molecular weight excluding hydrogens is 410 g/mol. The van der Waals surface area contributed by atoms with Crippen LogP contribution in [0.1, 0.15) is 38.0 Å². The number of para-hydroxylation sites is 1. The highest BCUT2D eigenvalue weighted by Gasteiger charge is 2.34. The van der Waals surface area contributed by atoms with Crippen molar-refractivity contribution in [2.24, 2.45) is 0 Å². The van der Waals surface area contributed by atoms with Crippen molar-refractivity contribution in [3.63, 3.8) is 0 Å². The summed E-state index contributed by atoms with van der Waals surface area (Å²) in [6.45, 7) is 2.77. The van der Waals surface area contributed by atoms with E-state index in [0.717, 1.165) is 0 Å². The number of nitrogens with zero attached hydrogens (tertiary/aromatic N) is 2. The summed E-state index contributed by atoms with van der Waals surface area (Å²) >= 11 is 0. The molecule has 1 atom stereocenters. The summed E-state index contributed by atoms with van der Waals surface area (Å²) in [6, 6.07) is 13.6. The average Bonchev–Trinajstić information content (AvgIpc) is 3.27. The first kappa shape index (κ1) is 21.3. The predicted molar refractivity (Wildman–Crippen MR) is 117 cm³/mol. The van der Waals surface area contributed by atoms with Gasteiger partial charge in [-0.25, -0.2) is 4.79 Å². The third kappa shape index (κ3) is 3.75. The summed E-state index contributed by atoms with van der Waals surface area (Å²) in [7, 11) is 1.28. The third-order valence-corrected chi connectivity index (χ3v) is 5.76. The van der Waals surface area contributed by atoms with Crippen LogP contribution in [0.5, 0.6) is 0 Å². The van der Waals surface area contributed by atoms with Gasteiger partial charge in [0.1, 0.15) is 0 Å². The molecule has 4 rings (SSSR count). The quantitative estimate of drug-likeness (QED) is 0.387. The number of H-pyrrole nitrogens is 1. The van der Waals surface area contributed by atoms with Gasteiger partial charge in [-0.05, 0) is 25.1 Å². The number of rotatable bonds is 4. The number of carbonyl (C=O) groups excluding carboxylic acids is 4. The molecule has 8 nitrogen and oxygen atoms in total. The molecule has 2 aromatic carbocycles. The molecule has 8 heteroatoms. The zero-order valence-electron chi connectivity index (χ0n) is 17.8. The number of aromatic amines is 1. The van der Waals surface area contributed by atoms with E-state index in [1.165, 1.54) is 18.2 Å². The number of hydrogen-bond acceptors (Lipinski definition) is 5. The smallest absolute Gasteiger partial charge is 0.339 e. The monoisotopic (exact) mass is 433 g/mol. The van der Waals surface area contributed by atoms with Crippen LogP contribution in [0.25, 0.3) is 10.9 Å². The second kappa shape index (κ2) is 8.66. The van der Waals surface area contributed by atoms with Gasteiger partial charge in [0.2, 0.25) is 0 Å². The van der Waals surface area contributed by atoms with Crippen LogP contribution in [0.15, 0.2) is 54.7 Å². The number of ether oxygens (including phenoxy) is 1. The Kier molecular flexibility index (Phi) is 5.77. The standard InChI is InChI=1S/C24H23N3O5/c1-15-14-26(22(29)16-7-4-3-5-8-16)11-12-27(15)23(30)21(28)19-13-25-20-17(19)9-6-10-18(20)24(31)32-2/h3-10,13,15,25H,11-12,14H2,1-2H3. The maximum Gasteiger partial charge on any atom is 0.339 e. The largest absolute Gasteiger partial charge is 0.465 e. The fourth-order valence-corrected chi connectivity index (χ4v) is 4.08. The Hall–Kier alpha value is -3.94. The first-order chi connectivity index (χ1) is 15.4. The third-order valence-electron chi connectivity index (χ3n) is 5.76. The van der Waals surface area contributed by atoms with E-state index in [4.69, 9.17) is 4.74 Å². The topological polar surface area (TPSA) is 99.8 Å². The SMILES string of the molecule is COC(=O)c1cccc2c(C(=O)C(=O)N3CCN(C(=O)c4ccccc4)CC3C)c[nH]c12. The highest BCUT2D eigenvalue weighted by molar-refractivity contribution is 6.45. The van der Waals surface area contributed by atoms with Crippen molar-refractivity contribution in [1.82, 2.24) is 14.8 Å². The summed E-state index contributed by atoms with van der Waals surface area (Å²) in [6.07, 6.45) is 1.44. The van der Waals surface area contributed by atoms with Gasteiger partial charge in [0.25, 0.3) is 17.6 Å². The fraction of sp³-hybridized carbons (Fsp3) is 0.250. The first-order valence-electron chi connectivity index (χ1n) is 10.3. The van der Waals surface area contributed by atoms with Crippen molar-refractivity contribution < 1.29 is 23.9 Å². The Morgan fingerprint density at radius 2 is 1.72 bits per heavy atom. The van der Waals surface area contributed by atoms with Crippen LogP contribution in [-0.4, -0.2) is 71.1 Å². The van der Waals surface area contributed by atoms with E-state index in [9.17, 15) is 19.2 Å². The first-order valence-corrected chi connectivity index (χ1v) is 10.3. The number of ketones is 1. The van der Waals surface area contributed by atoms with Gasteiger partial charge >= 0.3 is 5.97 Å². The molecule has 0 aliphatic carbocycles. The molecule has 32 heavy (non-hydrogen) atoms. The van der Waals surface area contributed by atoms with Crippen LogP contribution in [0.3, 0.4) is 0 Å². The molecule has 164 valence electrons. The zero-order chi connectivity index (χ0) is 22.8. The molecule has 1 aliphatic rings. The Morgan fingerprint density at radius 3 is 2.41 bits per heavy atom. The van der Waals surface area contributed by atoms with Crippen LogP contribution in [-0.2, 0) is 9.53 Å². The van der Waals surface area contributed by atoms with Gasteiger partial charge in [-0.15, -0.1) is 0 Å². The summed E-state index contributed by atoms with van der Waals surface area (Å²) in [5.41, 5.74) is 1.53. The number of nitrogens with one attached hydrogen (secondary N) is 1. The number of benzene rings is 2. The maximum absolute atomic E-state index is 13.0. The van der Waals surface area contributed by atoms with Crippen molar-refractivity contribution in [2.75, 3.05) is 26.7 Å². The average molecular weight is 433 g/mol. The highest BCUT2D eigenvalue weighted by atomic mass is 16.5. The van der Waals surface area contributed by atoms with Crippen LogP contribution in [0, 0.1) is 0 Å². The van der Waals surface area contributed by atoms with Gasteiger partial charge in [0.05, 0.1) is 23.8 Å². The van der Waals surface area contributed by atoms with Crippen molar-refractivity contribution >= 4 is 34.5 Å². The Labute approximate surface area is 184 Å². The lowest BCUT2D eigenvalue weighted by molar-refractivity contribution is -0.130. The van der Waals surface area contributed by atoms with Crippen LogP contribution < -0.4 is 0 Å². The lowest BCUT2D eigenvalue weighted by Gasteiger charge is -2.39. The van der Waals surface area contributed by atoms with Gasteiger partial charge in [0.15, 0.2) is 0 Å². The summed E-state index contributed by atoms with van der Waals surface area (Å²) in [5, 5.41) is 0.483. The molecule has 3 aromatic rings. The van der Waals surface area contributed by atoms with E-state index in [1.54, 1.807) is 35.2 Å². The minimum absolute atomic E-state index is 0.0946. The number of methoxy groups -OCH3 is 1. The van der Waals surface area contributed by atoms with Gasteiger partial charge in [-0.3, -0.25) is 14.4 Å². The molecule has 2 amide bonds. The predicted octanol–water partition coefficient (Wildman–Crippen LogP) is 2.51. The van der Waals surface area contributed by atoms with E-state index < -0.39 is 17.7 Å². The van der Waals surface area contributed by atoms with Crippen molar-refractivity contribution in [1.29, 1.82) is 0 Å². The number of amides is 2. The lowest BCUT2D eigenvalue weighted by atomic mass is 10.0. The molecule has 0 spiro atoms. The number of Topliss-reactive ketones (excluding diaryl/α,β-unsaturated/α-hetero) is 1. The van der Waals surface area contributed by atoms with Crippen molar-refractivity contribution in [3.8, 4) is 0 Å². The molecule has 1 N–H and O–H groups in total. The van der Waals surface area contributed by atoms with E-state index in [1.807, 2.05) is 25.1 Å². The van der Waals surface area contributed by atoms with Gasteiger partial charge in [-0.2, -0.15) is 0 Å². The Morgan fingerprint density at radius 1 is 0.969 bits per heavy atom. The van der Waals surface area contributed by atoms with E-state index in [-0.39, 0.29) is 29.6 Å². The van der Waals surface area contributed by atoms with Gasteiger partial charge < -0.3 is 19.5 Å². The molecule has 1 saturated heterocycles. The minimum Gasteiger partial charge on any atom is -0.465 e. The van der Waals surface area contributed by atoms with Gasteiger partial charge in [-0.1, -0.05) is 30.3 Å². The molecule has 0 saturated carbocycles. The Balaban J connectivity index is 1.51. The van der Waals surface area contributed by atoms with Crippen molar-refractivity contribution in [2.45, 2.75) is 13.0 Å². The number of fused-ring (bicyclic) bond motifs is 1. The molecule has 1 aromatic heterocycles. The normalized spacial score (nSPS) is 16.1. The minimum atomic E-state index is -0.659. The van der Waals surface area contributed by atoms with Crippen molar-refractivity contribution in [3.05, 3.63) is 71.4 Å². The maximum atomic E-state index is 13.0. The Bertz CT molecular complexity index is 1200. The number of esters is 1.